The second-order valence-corrected chi connectivity index (χ2v) is 7.09. The minimum absolute atomic E-state index is 0.144. The first-order valence-corrected chi connectivity index (χ1v) is 9.60. The van der Waals surface area contributed by atoms with Gasteiger partial charge >= 0.3 is 0 Å². The molecule has 0 heterocycles. The molecule has 0 fully saturated rings. The molecule has 2 rings (SSSR count). The fourth-order valence-electron chi connectivity index (χ4n) is 2.04. The molecule has 0 aromatic heterocycles. The number of thioether (sulfide) groups is 1. The molecule has 2 aromatic carbocycles. The van der Waals surface area contributed by atoms with Gasteiger partial charge in [0, 0.05) is 10.7 Å². The van der Waals surface area contributed by atoms with E-state index < -0.39 is 0 Å². The van der Waals surface area contributed by atoms with Gasteiger partial charge in [0.25, 0.3) is 0 Å². The number of anilines is 2. The van der Waals surface area contributed by atoms with Gasteiger partial charge in [0.05, 0.1) is 22.2 Å². The molecule has 0 radical (unpaired) electrons. The zero-order valence-electron chi connectivity index (χ0n) is 13.6. The average Bonchev–Trinajstić information content (AvgIpc) is 2.59. The summed E-state index contributed by atoms with van der Waals surface area (Å²) in [5.41, 5.74) is 2.42. The summed E-state index contributed by atoms with van der Waals surface area (Å²) < 4.78 is 0. The number of nitrogens with one attached hydrogen (secondary N) is 2. The summed E-state index contributed by atoms with van der Waals surface area (Å²) >= 11 is 13.1. The number of hydrogen-bond donors (Lipinski definition) is 2. The Morgan fingerprint density at radius 2 is 1.60 bits per heavy atom. The van der Waals surface area contributed by atoms with Gasteiger partial charge < -0.3 is 10.6 Å². The van der Waals surface area contributed by atoms with E-state index in [1.165, 1.54) is 17.3 Å². The number of halogens is 2. The molecule has 2 amide bonds. The quantitative estimate of drug-likeness (QED) is 0.701. The van der Waals surface area contributed by atoms with Crippen LogP contribution in [-0.4, -0.2) is 23.3 Å². The molecule has 25 heavy (non-hydrogen) atoms. The van der Waals surface area contributed by atoms with Crippen LogP contribution in [0.5, 0.6) is 0 Å². The SMILES string of the molecule is CCc1ccc(NC(=O)CSCC(=O)Nc2cc(Cl)ccc2Cl)cc1. The maximum absolute atomic E-state index is 11.9. The normalized spacial score (nSPS) is 10.4. The lowest BCUT2D eigenvalue weighted by molar-refractivity contribution is -0.114. The summed E-state index contributed by atoms with van der Waals surface area (Å²) in [6.45, 7) is 2.08. The van der Waals surface area contributed by atoms with E-state index in [1.807, 2.05) is 24.3 Å². The van der Waals surface area contributed by atoms with Crippen LogP contribution in [0.3, 0.4) is 0 Å². The van der Waals surface area contributed by atoms with Crippen LogP contribution in [0.4, 0.5) is 11.4 Å². The minimum Gasteiger partial charge on any atom is -0.325 e. The lowest BCUT2D eigenvalue weighted by Crippen LogP contribution is -2.18. The number of carbonyl (C=O) groups is 2. The molecule has 0 saturated carbocycles. The van der Waals surface area contributed by atoms with Crippen molar-refractivity contribution < 1.29 is 9.59 Å². The van der Waals surface area contributed by atoms with Crippen LogP contribution in [-0.2, 0) is 16.0 Å². The topological polar surface area (TPSA) is 58.2 Å². The molecule has 4 nitrogen and oxygen atoms in total. The predicted octanol–water partition coefficient (Wildman–Crippen LogP) is 4.87. The molecule has 0 unspecified atom stereocenters. The lowest BCUT2D eigenvalue weighted by Gasteiger charge is -2.08. The van der Waals surface area contributed by atoms with Gasteiger partial charge in [-0.25, -0.2) is 0 Å². The fraction of sp³-hybridized carbons (Fsp3) is 0.222. The van der Waals surface area contributed by atoms with Crippen molar-refractivity contribution in [3.8, 4) is 0 Å². The second kappa shape index (κ2) is 9.70. The highest BCUT2D eigenvalue weighted by Gasteiger charge is 2.09. The number of aryl methyl sites for hydroxylation is 1. The second-order valence-electron chi connectivity index (χ2n) is 5.26. The Bertz CT molecular complexity index is 751. The van der Waals surface area contributed by atoms with Crippen LogP contribution in [0.15, 0.2) is 42.5 Å². The van der Waals surface area contributed by atoms with Gasteiger partial charge in [-0.05, 0) is 42.3 Å². The smallest absolute Gasteiger partial charge is 0.234 e. The average molecular weight is 397 g/mol. The van der Waals surface area contributed by atoms with Gasteiger partial charge in [-0.1, -0.05) is 42.3 Å². The van der Waals surface area contributed by atoms with Gasteiger partial charge in [-0.15, -0.1) is 11.8 Å². The Labute approximate surface area is 161 Å². The Kier molecular flexibility index (Phi) is 7.62. The minimum atomic E-state index is -0.241. The number of benzene rings is 2. The fourth-order valence-corrected chi connectivity index (χ4v) is 2.99. The summed E-state index contributed by atoms with van der Waals surface area (Å²) in [7, 11) is 0. The number of hydrogen-bond acceptors (Lipinski definition) is 3. The Balaban J connectivity index is 1.74. The molecule has 0 bridgehead atoms. The molecule has 2 N–H and O–H groups in total. The highest BCUT2D eigenvalue weighted by Crippen LogP contribution is 2.25. The maximum Gasteiger partial charge on any atom is 0.234 e. The highest BCUT2D eigenvalue weighted by molar-refractivity contribution is 8.00. The van der Waals surface area contributed by atoms with E-state index >= 15 is 0 Å². The van der Waals surface area contributed by atoms with Crippen molar-refractivity contribution in [2.75, 3.05) is 22.1 Å². The molecule has 0 aliphatic carbocycles. The molecule has 0 aliphatic heterocycles. The predicted molar refractivity (Wildman–Crippen MR) is 107 cm³/mol. The van der Waals surface area contributed by atoms with Gasteiger partial charge in [-0.3, -0.25) is 9.59 Å². The van der Waals surface area contributed by atoms with Crippen molar-refractivity contribution >= 4 is 58.2 Å². The van der Waals surface area contributed by atoms with Crippen molar-refractivity contribution in [3.05, 3.63) is 58.1 Å². The maximum atomic E-state index is 11.9. The summed E-state index contributed by atoms with van der Waals surface area (Å²) in [5.74, 6) is -0.0610. The van der Waals surface area contributed by atoms with E-state index in [9.17, 15) is 9.59 Å². The molecule has 0 atom stereocenters. The van der Waals surface area contributed by atoms with Crippen LogP contribution in [0.25, 0.3) is 0 Å². The molecule has 2 aromatic rings. The van der Waals surface area contributed by atoms with Crippen LogP contribution in [0.2, 0.25) is 10.0 Å². The van der Waals surface area contributed by atoms with E-state index in [1.54, 1.807) is 18.2 Å². The van der Waals surface area contributed by atoms with Gasteiger partial charge in [0.1, 0.15) is 0 Å². The Hall–Kier alpha value is -1.69. The first-order valence-electron chi connectivity index (χ1n) is 7.69. The van der Waals surface area contributed by atoms with Crippen LogP contribution in [0.1, 0.15) is 12.5 Å². The van der Waals surface area contributed by atoms with Crippen LogP contribution in [0, 0.1) is 0 Å². The van der Waals surface area contributed by atoms with Crippen molar-refractivity contribution in [1.29, 1.82) is 0 Å². The first kappa shape index (κ1) is 19.6. The summed E-state index contributed by atoms with van der Waals surface area (Å²) in [5, 5.41) is 6.38. The van der Waals surface area contributed by atoms with E-state index in [0.717, 1.165) is 12.1 Å². The molecular formula is C18H18Cl2N2O2S. The van der Waals surface area contributed by atoms with Gasteiger partial charge in [-0.2, -0.15) is 0 Å². The van der Waals surface area contributed by atoms with E-state index in [2.05, 4.69) is 17.6 Å². The van der Waals surface area contributed by atoms with E-state index in [0.29, 0.717) is 15.7 Å². The zero-order valence-corrected chi connectivity index (χ0v) is 16.0. The van der Waals surface area contributed by atoms with Crippen molar-refractivity contribution in [3.63, 3.8) is 0 Å². The van der Waals surface area contributed by atoms with Crippen LogP contribution < -0.4 is 10.6 Å². The third-order valence-corrected chi connectivity index (χ3v) is 4.81. The van der Waals surface area contributed by atoms with Crippen LogP contribution >= 0.6 is 35.0 Å². The monoisotopic (exact) mass is 396 g/mol. The summed E-state index contributed by atoms with van der Waals surface area (Å²) in [4.78, 5) is 23.8. The third kappa shape index (κ3) is 6.61. The molecule has 0 aliphatic rings. The first-order chi connectivity index (χ1) is 12.0. The van der Waals surface area contributed by atoms with Crippen molar-refractivity contribution in [2.45, 2.75) is 13.3 Å². The molecule has 0 saturated heterocycles. The lowest BCUT2D eigenvalue weighted by atomic mass is 10.1. The molecular weight excluding hydrogens is 379 g/mol. The molecule has 7 heteroatoms. The third-order valence-electron chi connectivity index (χ3n) is 3.31. The number of carbonyl (C=O) groups excluding carboxylic acids is 2. The number of amides is 2. The Morgan fingerprint density at radius 3 is 2.24 bits per heavy atom. The molecule has 132 valence electrons. The van der Waals surface area contributed by atoms with Gasteiger partial charge in [0.15, 0.2) is 0 Å². The zero-order chi connectivity index (χ0) is 18.2. The van der Waals surface area contributed by atoms with E-state index in [4.69, 9.17) is 23.2 Å². The van der Waals surface area contributed by atoms with Crippen molar-refractivity contribution in [2.24, 2.45) is 0 Å². The van der Waals surface area contributed by atoms with Crippen molar-refractivity contribution in [1.82, 2.24) is 0 Å². The number of rotatable bonds is 7. The highest BCUT2D eigenvalue weighted by atomic mass is 35.5. The van der Waals surface area contributed by atoms with E-state index in [-0.39, 0.29) is 23.3 Å². The largest absolute Gasteiger partial charge is 0.325 e. The summed E-state index contributed by atoms with van der Waals surface area (Å²) in [6, 6.07) is 12.5. The standard InChI is InChI=1S/C18H18Cl2N2O2S/c1-2-12-3-6-14(7-4-12)21-17(23)10-25-11-18(24)22-16-9-13(19)5-8-15(16)20/h3-9H,2,10-11H2,1H3,(H,21,23)(H,22,24). The summed E-state index contributed by atoms with van der Waals surface area (Å²) in [6.07, 6.45) is 0.954. The molecule has 0 spiro atoms. The Morgan fingerprint density at radius 1 is 0.960 bits per heavy atom. The van der Waals surface area contributed by atoms with Gasteiger partial charge in [0.2, 0.25) is 11.8 Å².